The molecule has 3 aromatic rings. The zero-order chi connectivity index (χ0) is 24.5. The van der Waals surface area contributed by atoms with Crippen LogP contribution in [0.5, 0.6) is 5.75 Å². The van der Waals surface area contributed by atoms with Crippen molar-refractivity contribution < 1.29 is 27.4 Å². The molecule has 2 fully saturated rings. The molecule has 0 amide bonds. The van der Waals surface area contributed by atoms with Gasteiger partial charge in [-0.3, -0.25) is 4.79 Å². The summed E-state index contributed by atoms with van der Waals surface area (Å²) in [6.07, 6.45) is 3.57. The number of hydrogen-bond acceptors (Lipinski definition) is 3. The summed E-state index contributed by atoms with van der Waals surface area (Å²) in [4.78, 5) is 12.6. The lowest BCUT2D eigenvalue weighted by Crippen LogP contribution is -2.25. The van der Waals surface area contributed by atoms with E-state index in [9.17, 15) is 13.6 Å². The molecule has 1 saturated carbocycles. The van der Waals surface area contributed by atoms with E-state index in [1.807, 2.05) is 0 Å². The highest BCUT2D eigenvalue weighted by molar-refractivity contribution is 5.75. The third-order valence-electron chi connectivity index (χ3n) is 6.94. The lowest BCUT2D eigenvalue weighted by molar-refractivity contribution is -0.140. The van der Waals surface area contributed by atoms with Gasteiger partial charge in [0, 0.05) is 5.56 Å². The average Bonchev–Trinajstić information content (AvgIpc) is 3.73. The van der Waals surface area contributed by atoms with Gasteiger partial charge in [0.2, 0.25) is 0 Å². The van der Waals surface area contributed by atoms with Gasteiger partial charge in [-0.25, -0.2) is 13.2 Å². The first-order chi connectivity index (χ1) is 16.9. The van der Waals surface area contributed by atoms with E-state index >= 15 is 4.39 Å². The maximum absolute atomic E-state index is 15.0. The van der Waals surface area contributed by atoms with Crippen LogP contribution in [0, 0.1) is 23.4 Å². The van der Waals surface area contributed by atoms with Crippen LogP contribution in [0.25, 0.3) is 17.2 Å². The SMILES string of the molecule is C=Cc1ccc(-c2ccc(C3CCC(C(=O)Oc4ccc(C5CO5)cc4F)CC3)c(F)c2F)cc1. The van der Waals surface area contributed by atoms with Crippen LogP contribution in [0.4, 0.5) is 13.2 Å². The van der Waals surface area contributed by atoms with E-state index in [1.165, 1.54) is 12.1 Å². The Bertz CT molecular complexity index is 1260. The van der Waals surface area contributed by atoms with Crippen LogP contribution in [0.3, 0.4) is 0 Å². The van der Waals surface area contributed by atoms with E-state index in [1.54, 1.807) is 48.5 Å². The summed E-state index contributed by atoms with van der Waals surface area (Å²) >= 11 is 0. The molecule has 6 heteroatoms. The summed E-state index contributed by atoms with van der Waals surface area (Å²) < 4.78 is 54.7. The number of esters is 1. The Morgan fingerprint density at radius 1 is 0.943 bits per heavy atom. The highest BCUT2D eigenvalue weighted by Crippen LogP contribution is 2.40. The molecule has 1 saturated heterocycles. The second-order valence-electron chi connectivity index (χ2n) is 9.14. The number of epoxide rings is 1. The van der Waals surface area contributed by atoms with Gasteiger partial charge in [-0.2, -0.15) is 0 Å². The Kier molecular flexibility index (Phi) is 6.48. The van der Waals surface area contributed by atoms with Crippen molar-refractivity contribution in [1.82, 2.24) is 0 Å². The van der Waals surface area contributed by atoms with Gasteiger partial charge in [-0.15, -0.1) is 0 Å². The summed E-state index contributed by atoms with van der Waals surface area (Å²) in [6.45, 7) is 4.26. The first kappa shape index (κ1) is 23.4. The first-order valence-corrected chi connectivity index (χ1v) is 11.8. The summed E-state index contributed by atoms with van der Waals surface area (Å²) in [5, 5.41) is 0. The molecular weight excluding hydrogens is 453 g/mol. The fraction of sp³-hybridized carbons (Fsp3) is 0.276. The molecule has 35 heavy (non-hydrogen) atoms. The van der Waals surface area contributed by atoms with Crippen molar-refractivity contribution in [3.05, 3.63) is 95.3 Å². The number of carbonyl (C=O) groups excluding carboxylic acids is 1. The van der Waals surface area contributed by atoms with Crippen LogP contribution >= 0.6 is 0 Å². The molecule has 0 bridgehead atoms. The molecule has 3 nitrogen and oxygen atoms in total. The molecule has 2 aliphatic rings. The first-order valence-electron chi connectivity index (χ1n) is 11.8. The Morgan fingerprint density at radius 2 is 1.66 bits per heavy atom. The maximum atomic E-state index is 15.0. The van der Waals surface area contributed by atoms with Gasteiger partial charge in [-0.05, 0) is 66.0 Å². The molecule has 0 aromatic heterocycles. The van der Waals surface area contributed by atoms with E-state index in [0.717, 1.165) is 11.1 Å². The number of carbonyl (C=O) groups is 1. The smallest absolute Gasteiger partial charge is 0.314 e. The second kappa shape index (κ2) is 9.70. The summed E-state index contributed by atoms with van der Waals surface area (Å²) in [7, 11) is 0. The molecule has 1 atom stereocenters. The lowest BCUT2D eigenvalue weighted by Gasteiger charge is -2.28. The Labute approximate surface area is 202 Å². The van der Waals surface area contributed by atoms with Crippen molar-refractivity contribution in [2.24, 2.45) is 5.92 Å². The van der Waals surface area contributed by atoms with Crippen molar-refractivity contribution in [2.45, 2.75) is 37.7 Å². The molecular formula is C29H25F3O3. The highest BCUT2D eigenvalue weighted by atomic mass is 19.2. The van der Waals surface area contributed by atoms with Crippen LogP contribution < -0.4 is 4.74 Å². The van der Waals surface area contributed by atoms with Gasteiger partial charge in [0.15, 0.2) is 23.2 Å². The number of ether oxygens (including phenoxy) is 2. The zero-order valence-corrected chi connectivity index (χ0v) is 19.1. The van der Waals surface area contributed by atoms with E-state index < -0.39 is 29.3 Å². The number of hydrogen-bond donors (Lipinski definition) is 0. The maximum Gasteiger partial charge on any atom is 0.314 e. The Balaban J connectivity index is 1.23. The van der Waals surface area contributed by atoms with Gasteiger partial charge in [0.25, 0.3) is 0 Å². The van der Waals surface area contributed by atoms with Crippen molar-refractivity contribution in [3.63, 3.8) is 0 Å². The molecule has 3 aromatic carbocycles. The van der Waals surface area contributed by atoms with E-state index in [2.05, 4.69) is 6.58 Å². The van der Waals surface area contributed by atoms with Crippen molar-refractivity contribution in [1.29, 1.82) is 0 Å². The van der Waals surface area contributed by atoms with Crippen molar-refractivity contribution in [2.75, 3.05) is 6.61 Å². The number of halogens is 3. The van der Waals surface area contributed by atoms with Gasteiger partial charge < -0.3 is 9.47 Å². The lowest BCUT2D eigenvalue weighted by atomic mass is 9.78. The second-order valence-corrected chi connectivity index (χ2v) is 9.14. The quantitative estimate of drug-likeness (QED) is 0.211. The Morgan fingerprint density at radius 3 is 2.29 bits per heavy atom. The van der Waals surface area contributed by atoms with Gasteiger partial charge in [-0.1, -0.05) is 55.1 Å². The molecule has 1 aliphatic heterocycles. The Hall–Kier alpha value is -3.38. The topological polar surface area (TPSA) is 38.8 Å². The largest absolute Gasteiger partial charge is 0.423 e. The monoisotopic (exact) mass is 478 g/mol. The summed E-state index contributed by atoms with van der Waals surface area (Å²) in [5.41, 5.74) is 2.74. The minimum atomic E-state index is -0.870. The van der Waals surface area contributed by atoms with E-state index in [4.69, 9.17) is 9.47 Å². The van der Waals surface area contributed by atoms with Crippen LogP contribution in [-0.4, -0.2) is 12.6 Å². The molecule has 1 unspecified atom stereocenters. The fourth-order valence-corrected chi connectivity index (χ4v) is 4.77. The van der Waals surface area contributed by atoms with Crippen LogP contribution in [0.15, 0.2) is 61.2 Å². The third kappa shape index (κ3) is 4.89. The van der Waals surface area contributed by atoms with Gasteiger partial charge in [0.1, 0.15) is 6.10 Å². The van der Waals surface area contributed by atoms with E-state index in [-0.39, 0.29) is 23.3 Å². The zero-order valence-electron chi connectivity index (χ0n) is 19.1. The van der Waals surface area contributed by atoms with E-state index in [0.29, 0.717) is 43.4 Å². The van der Waals surface area contributed by atoms with Crippen LogP contribution in [0.2, 0.25) is 0 Å². The van der Waals surface area contributed by atoms with Crippen molar-refractivity contribution in [3.8, 4) is 16.9 Å². The predicted molar refractivity (Wildman–Crippen MR) is 127 cm³/mol. The summed E-state index contributed by atoms with van der Waals surface area (Å²) in [5.74, 6) is -3.52. The minimum absolute atomic E-state index is 0.0818. The van der Waals surface area contributed by atoms with Gasteiger partial charge >= 0.3 is 5.97 Å². The third-order valence-corrected chi connectivity index (χ3v) is 6.94. The molecule has 1 aliphatic carbocycles. The number of rotatable bonds is 6. The predicted octanol–water partition coefficient (Wildman–Crippen LogP) is 7.36. The van der Waals surface area contributed by atoms with Crippen molar-refractivity contribution >= 4 is 12.0 Å². The average molecular weight is 479 g/mol. The number of benzene rings is 3. The standard InChI is InChI=1S/C29H25F3O3/c1-2-17-3-5-18(6-4-17)22-12-13-23(28(32)27(22)31)19-7-9-20(10-8-19)29(33)35-25-14-11-21(15-24(25)30)26-16-34-26/h2-6,11-15,19-20,26H,1,7-10,16H2. The van der Waals surface area contributed by atoms with Crippen LogP contribution in [-0.2, 0) is 9.53 Å². The molecule has 1 heterocycles. The normalized spacial score (nSPS) is 21.4. The molecule has 180 valence electrons. The summed E-state index contributed by atoms with van der Waals surface area (Å²) in [6, 6.07) is 14.8. The molecule has 0 N–H and O–H groups in total. The van der Waals surface area contributed by atoms with Gasteiger partial charge in [0.05, 0.1) is 12.5 Å². The molecule has 0 radical (unpaired) electrons. The van der Waals surface area contributed by atoms with Crippen LogP contribution in [0.1, 0.15) is 54.4 Å². The fourth-order valence-electron chi connectivity index (χ4n) is 4.77. The molecule has 0 spiro atoms. The molecule has 5 rings (SSSR count). The highest BCUT2D eigenvalue weighted by Gasteiger charge is 2.32. The minimum Gasteiger partial charge on any atom is -0.423 e.